The summed E-state index contributed by atoms with van der Waals surface area (Å²) in [6.07, 6.45) is 0.986. The molecule has 0 heterocycles. The summed E-state index contributed by atoms with van der Waals surface area (Å²) in [5.74, 6) is 0.652. The standard InChI is InChI=1S/C12H17ClN2O2/c1-15-12(16)6-8-17-11-4-2-3-10(13)9(11)5-7-14/h2-4H,5-8,14H2,1H3,(H,15,16). The van der Waals surface area contributed by atoms with Crippen LogP contribution in [0.15, 0.2) is 18.2 Å². The van der Waals surface area contributed by atoms with Crippen LogP contribution in [0.5, 0.6) is 5.75 Å². The monoisotopic (exact) mass is 256 g/mol. The van der Waals surface area contributed by atoms with Crippen molar-refractivity contribution in [2.45, 2.75) is 12.8 Å². The summed E-state index contributed by atoms with van der Waals surface area (Å²) < 4.78 is 5.54. The van der Waals surface area contributed by atoms with E-state index >= 15 is 0 Å². The van der Waals surface area contributed by atoms with Gasteiger partial charge in [-0.15, -0.1) is 0 Å². The van der Waals surface area contributed by atoms with Crippen LogP contribution in [-0.4, -0.2) is 26.1 Å². The van der Waals surface area contributed by atoms with Gasteiger partial charge in [-0.25, -0.2) is 0 Å². The number of carbonyl (C=O) groups is 1. The van der Waals surface area contributed by atoms with Crippen molar-refractivity contribution < 1.29 is 9.53 Å². The molecule has 0 unspecified atom stereocenters. The quantitative estimate of drug-likeness (QED) is 0.808. The van der Waals surface area contributed by atoms with E-state index in [-0.39, 0.29) is 5.91 Å². The summed E-state index contributed by atoms with van der Waals surface area (Å²) in [5.41, 5.74) is 6.42. The highest BCUT2D eigenvalue weighted by atomic mass is 35.5. The number of ether oxygens (including phenoxy) is 1. The van der Waals surface area contributed by atoms with E-state index in [1.54, 1.807) is 13.1 Å². The van der Waals surface area contributed by atoms with Crippen molar-refractivity contribution in [2.75, 3.05) is 20.2 Å². The zero-order valence-electron chi connectivity index (χ0n) is 9.83. The van der Waals surface area contributed by atoms with Crippen molar-refractivity contribution in [3.8, 4) is 5.75 Å². The molecule has 17 heavy (non-hydrogen) atoms. The van der Waals surface area contributed by atoms with Gasteiger partial charge in [0.15, 0.2) is 0 Å². The number of halogens is 1. The Hall–Kier alpha value is -1.26. The Morgan fingerprint density at radius 1 is 1.53 bits per heavy atom. The summed E-state index contributed by atoms with van der Waals surface area (Å²) >= 11 is 6.06. The maximum absolute atomic E-state index is 11.0. The summed E-state index contributed by atoms with van der Waals surface area (Å²) in [4.78, 5) is 11.0. The molecular weight excluding hydrogens is 240 g/mol. The Bertz CT molecular complexity index is 383. The number of benzene rings is 1. The average Bonchev–Trinajstić information content (AvgIpc) is 2.33. The molecule has 94 valence electrons. The van der Waals surface area contributed by atoms with Crippen molar-refractivity contribution in [1.82, 2.24) is 5.32 Å². The zero-order valence-corrected chi connectivity index (χ0v) is 10.6. The largest absolute Gasteiger partial charge is 0.493 e. The van der Waals surface area contributed by atoms with Gasteiger partial charge in [-0.05, 0) is 25.1 Å². The van der Waals surface area contributed by atoms with E-state index in [1.165, 1.54) is 0 Å². The zero-order chi connectivity index (χ0) is 12.7. The van der Waals surface area contributed by atoms with Gasteiger partial charge in [-0.3, -0.25) is 4.79 Å². The van der Waals surface area contributed by atoms with E-state index in [0.29, 0.717) is 36.8 Å². The van der Waals surface area contributed by atoms with Crippen LogP contribution < -0.4 is 15.8 Å². The molecular formula is C12H17ClN2O2. The molecule has 0 fully saturated rings. The van der Waals surface area contributed by atoms with Crippen LogP contribution >= 0.6 is 11.6 Å². The third-order valence-electron chi connectivity index (χ3n) is 2.34. The fourth-order valence-corrected chi connectivity index (χ4v) is 1.70. The van der Waals surface area contributed by atoms with Crippen LogP contribution in [0, 0.1) is 0 Å². The molecule has 5 heteroatoms. The van der Waals surface area contributed by atoms with E-state index in [0.717, 1.165) is 5.56 Å². The van der Waals surface area contributed by atoms with Gasteiger partial charge in [0.1, 0.15) is 5.75 Å². The maximum Gasteiger partial charge on any atom is 0.223 e. The topological polar surface area (TPSA) is 64.3 Å². The summed E-state index contributed by atoms with van der Waals surface area (Å²) in [6.45, 7) is 0.840. The average molecular weight is 257 g/mol. The van der Waals surface area contributed by atoms with Crippen molar-refractivity contribution in [3.63, 3.8) is 0 Å². The van der Waals surface area contributed by atoms with Gasteiger partial charge in [0.05, 0.1) is 13.0 Å². The van der Waals surface area contributed by atoms with Gasteiger partial charge < -0.3 is 15.8 Å². The van der Waals surface area contributed by atoms with E-state index in [2.05, 4.69) is 5.32 Å². The second-order valence-corrected chi connectivity index (χ2v) is 3.93. The van der Waals surface area contributed by atoms with Gasteiger partial charge in [0.25, 0.3) is 0 Å². The van der Waals surface area contributed by atoms with Gasteiger partial charge in [-0.1, -0.05) is 17.7 Å². The van der Waals surface area contributed by atoms with Crippen LogP contribution in [0.25, 0.3) is 0 Å². The minimum atomic E-state index is -0.0487. The third-order valence-corrected chi connectivity index (χ3v) is 2.69. The summed E-state index contributed by atoms with van der Waals surface area (Å²) in [5, 5.41) is 3.18. The number of nitrogens with two attached hydrogens (primary N) is 1. The highest BCUT2D eigenvalue weighted by Crippen LogP contribution is 2.26. The fraction of sp³-hybridized carbons (Fsp3) is 0.417. The number of rotatable bonds is 6. The van der Waals surface area contributed by atoms with Crippen molar-refractivity contribution in [3.05, 3.63) is 28.8 Å². The van der Waals surface area contributed by atoms with Crippen LogP contribution in [0.1, 0.15) is 12.0 Å². The lowest BCUT2D eigenvalue weighted by Gasteiger charge is -2.12. The lowest BCUT2D eigenvalue weighted by atomic mass is 10.1. The molecule has 4 nitrogen and oxygen atoms in total. The molecule has 0 aromatic heterocycles. The molecule has 1 amide bonds. The molecule has 1 aromatic carbocycles. The first kappa shape index (κ1) is 13.8. The van der Waals surface area contributed by atoms with Crippen molar-refractivity contribution >= 4 is 17.5 Å². The fourth-order valence-electron chi connectivity index (χ4n) is 1.44. The highest BCUT2D eigenvalue weighted by molar-refractivity contribution is 6.31. The number of hydrogen-bond donors (Lipinski definition) is 2. The second-order valence-electron chi connectivity index (χ2n) is 3.53. The number of carbonyl (C=O) groups excluding carboxylic acids is 1. The van der Waals surface area contributed by atoms with E-state index in [1.807, 2.05) is 12.1 Å². The molecule has 1 aromatic rings. The number of amides is 1. The second kappa shape index (κ2) is 7.14. The van der Waals surface area contributed by atoms with Gasteiger partial charge in [0.2, 0.25) is 5.91 Å². The van der Waals surface area contributed by atoms with E-state index < -0.39 is 0 Å². The molecule has 0 aliphatic carbocycles. The lowest BCUT2D eigenvalue weighted by molar-refractivity contribution is -0.121. The van der Waals surface area contributed by atoms with Crippen molar-refractivity contribution in [2.24, 2.45) is 5.73 Å². The lowest BCUT2D eigenvalue weighted by Crippen LogP contribution is -2.20. The Balaban J connectivity index is 2.63. The predicted molar refractivity (Wildman–Crippen MR) is 68.4 cm³/mol. The van der Waals surface area contributed by atoms with Crippen molar-refractivity contribution in [1.29, 1.82) is 0 Å². The molecule has 0 atom stereocenters. The summed E-state index contributed by atoms with van der Waals surface area (Å²) in [6, 6.07) is 5.45. The number of hydrogen-bond acceptors (Lipinski definition) is 3. The third kappa shape index (κ3) is 4.24. The highest BCUT2D eigenvalue weighted by Gasteiger charge is 2.08. The van der Waals surface area contributed by atoms with E-state index in [9.17, 15) is 4.79 Å². The molecule has 0 spiro atoms. The molecule has 0 saturated heterocycles. The Kier molecular flexibility index (Phi) is 5.80. The minimum absolute atomic E-state index is 0.0487. The molecule has 0 radical (unpaired) electrons. The Morgan fingerprint density at radius 3 is 2.94 bits per heavy atom. The molecule has 0 saturated carbocycles. The molecule has 0 bridgehead atoms. The van der Waals surface area contributed by atoms with Gasteiger partial charge in [-0.2, -0.15) is 0 Å². The Morgan fingerprint density at radius 2 is 2.29 bits per heavy atom. The van der Waals surface area contributed by atoms with Gasteiger partial charge >= 0.3 is 0 Å². The molecule has 0 aliphatic heterocycles. The predicted octanol–water partition coefficient (Wildman–Crippen LogP) is 1.36. The minimum Gasteiger partial charge on any atom is -0.493 e. The maximum atomic E-state index is 11.0. The number of nitrogens with one attached hydrogen (secondary N) is 1. The van der Waals surface area contributed by atoms with E-state index in [4.69, 9.17) is 22.1 Å². The molecule has 0 aliphatic rings. The first-order valence-corrected chi connectivity index (χ1v) is 5.87. The SMILES string of the molecule is CNC(=O)CCOc1cccc(Cl)c1CCN. The first-order chi connectivity index (χ1) is 8.19. The Labute approximate surface area is 106 Å². The summed E-state index contributed by atoms with van der Waals surface area (Å²) in [7, 11) is 1.60. The van der Waals surface area contributed by atoms with Crippen LogP contribution in [0.4, 0.5) is 0 Å². The van der Waals surface area contributed by atoms with Gasteiger partial charge in [0, 0.05) is 17.6 Å². The molecule has 3 N–H and O–H groups in total. The smallest absolute Gasteiger partial charge is 0.223 e. The normalized spacial score (nSPS) is 10.1. The van der Waals surface area contributed by atoms with Crippen LogP contribution in [0.2, 0.25) is 5.02 Å². The first-order valence-electron chi connectivity index (χ1n) is 5.50. The van der Waals surface area contributed by atoms with Crippen LogP contribution in [-0.2, 0) is 11.2 Å². The molecule has 1 rings (SSSR count). The van der Waals surface area contributed by atoms with Crippen LogP contribution in [0.3, 0.4) is 0 Å².